The van der Waals surface area contributed by atoms with Gasteiger partial charge in [-0.05, 0) is 264 Å². The highest BCUT2D eigenvalue weighted by molar-refractivity contribution is 6.05. The molecule has 11 rings (SSSR count). The van der Waals surface area contributed by atoms with Crippen LogP contribution in [0, 0.1) is 11.8 Å². The van der Waals surface area contributed by atoms with Crippen molar-refractivity contribution in [2.24, 2.45) is 11.8 Å². The van der Waals surface area contributed by atoms with Gasteiger partial charge in [-0.15, -0.1) is 0 Å². The Morgan fingerprint density at radius 2 is 0.785 bits per heavy atom. The molecule has 1 unspecified atom stereocenters. The van der Waals surface area contributed by atoms with E-state index >= 15 is 0 Å². The van der Waals surface area contributed by atoms with Crippen molar-refractivity contribution < 1.29 is 37.9 Å². The van der Waals surface area contributed by atoms with Gasteiger partial charge in [0.05, 0.1) is 41.2 Å². The Hall–Kier alpha value is -7.56. The fraction of sp³-hybridized carbons (Fsp3) is 0.475. The van der Waals surface area contributed by atoms with Gasteiger partial charge in [-0.25, -0.2) is 0 Å². The average molecular weight is 1460 g/mol. The lowest BCUT2D eigenvalue weighted by Crippen LogP contribution is -2.23. The lowest BCUT2D eigenvalue weighted by atomic mass is 9.74. The third-order valence-electron chi connectivity index (χ3n) is 15.6. The van der Waals surface area contributed by atoms with E-state index in [9.17, 15) is 0 Å². The Morgan fingerprint density at radius 3 is 1.26 bits per heavy atom. The third-order valence-corrected chi connectivity index (χ3v) is 15.6. The van der Waals surface area contributed by atoms with Gasteiger partial charge in [0.1, 0.15) is 34.1 Å². The highest BCUT2D eigenvalue weighted by atomic mass is 16.5. The zero-order valence-corrected chi connectivity index (χ0v) is 71.6. The minimum atomic E-state index is -0.201. The van der Waals surface area contributed by atoms with Gasteiger partial charge in [0, 0.05) is 41.9 Å². The van der Waals surface area contributed by atoms with Gasteiger partial charge >= 0.3 is 0 Å². The van der Waals surface area contributed by atoms with E-state index in [1.807, 2.05) is 82.3 Å². The second-order valence-electron chi connectivity index (χ2n) is 35.7. The molecule has 0 aliphatic heterocycles. The minimum absolute atomic E-state index is 0.0320. The van der Waals surface area contributed by atoms with Gasteiger partial charge in [-0.2, -0.15) is 0 Å². The van der Waals surface area contributed by atoms with Gasteiger partial charge in [0.2, 0.25) is 0 Å². The first-order valence-corrected chi connectivity index (χ1v) is 39.2. The number of hydrogen-bond acceptors (Lipinski definition) is 8. The molecule has 0 saturated heterocycles. The summed E-state index contributed by atoms with van der Waals surface area (Å²) in [5.41, 5.74) is 6.21. The van der Waals surface area contributed by atoms with E-state index in [4.69, 9.17) is 37.9 Å². The predicted molar refractivity (Wildman–Crippen MR) is 463 cm³/mol. The van der Waals surface area contributed by atoms with E-state index in [1.54, 1.807) is 0 Å². The van der Waals surface area contributed by atoms with Crippen LogP contribution >= 0.6 is 0 Å². The zero-order valence-electron chi connectivity index (χ0n) is 71.6. The van der Waals surface area contributed by atoms with Crippen molar-refractivity contribution in [3.05, 3.63) is 246 Å². The molecular weight excluding hydrogens is 1320 g/mol. The molecule has 8 nitrogen and oxygen atoms in total. The number of allylic oxidation sites excluding steroid dienone is 10. The smallest absolute Gasteiger partial charge is 0.135 e. The molecule has 3 aliphatic rings. The second kappa shape index (κ2) is 43.0. The van der Waals surface area contributed by atoms with Crippen LogP contribution in [0.2, 0.25) is 0 Å². The summed E-state index contributed by atoms with van der Waals surface area (Å²) < 4.78 is 45.8. The number of benzene rings is 8. The van der Waals surface area contributed by atoms with Crippen molar-refractivity contribution in [1.82, 2.24) is 0 Å². The lowest BCUT2D eigenvalue weighted by molar-refractivity contribution is -0.0168. The summed E-state index contributed by atoms with van der Waals surface area (Å²) in [6.07, 6.45) is 22.7. The van der Waals surface area contributed by atoms with E-state index in [1.165, 1.54) is 96.6 Å². The van der Waals surface area contributed by atoms with Crippen molar-refractivity contribution >= 4 is 43.1 Å². The Morgan fingerprint density at radius 1 is 0.346 bits per heavy atom. The maximum atomic E-state index is 6.23. The standard InChI is InChI=1S/C18H18O.C18H20O.C15H18O.C14H16O.C10H14O.C10H22O.C8H18O.C6H14O/c1-18(2,3)19-17-15-10-6-4-8-13(15)12-14-9-5-7-11-16(14)17;1-18(2,3)19-12-15-11-10-14-7-4-6-13-8-5-9-16(15)17(13)14;1-15(2,3)16-11-13-9-6-8-12-7-4-5-10-14(12)13;1-14(2,3)15-13-10-6-8-11-7-4-5-9-12(11)13;1-10(2,3)11-9-7-5-4-6-8-9;1-5-6-7-8-9-11-10(2,3)4;1-7(2)6-9-8(3,4)5;1-5-7-6(2,3)4/h4-12H,1-3H3;4-11,17H,12H2,1-3H3;4-10H,11H2,1-3H3;4-10H,1-3H3;4-8H,1-3H3;5-9H2,1-4H3;7H,6H2,1-5H3;5H2,1-4H3. The summed E-state index contributed by atoms with van der Waals surface area (Å²) in [5, 5.41) is 9.76. The highest BCUT2D eigenvalue weighted by Gasteiger charge is 2.28. The largest absolute Gasteiger partial charge is 0.488 e. The molecule has 8 aromatic rings. The van der Waals surface area contributed by atoms with Crippen molar-refractivity contribution in [3.63, 3.8) is 0 Å². The Bertz CT molecular complexity index is 4030. The van der Waals surface area contributed by atoms with Crippen LogP contribution in [0.4, 0.5) is 0 Å². The monoisotopic (exact) mass is 1460 g/mol. The van der Waals surface area contributed by atoms with Crippen molar-refractivity contribution in [2.75, 3.05) is 26.4 Å². The summed E-state index contributed by atoms with van der Waals surface area (Å²) in [6.45, 7) is 62.3. The number of hydrogen-bond donors (Lipinski definition) is 0. The van der Waals surface area contributed by atoms with Gasteiger partial charge < -0.3 is 37.9 Å². The SMILES string of the molecule is CC(C)(C)OCC1=C2C=CC=C3C=CC=C(C=C1)C32.CC(C)(C)OCc1cccc2ccccc12.CC(C)(C)Oc1c2ccccc2cc2ccccc12.CC(C)(C)Oc1cccc2ccccc12.CC(C)(C)Oc1ccccc1.CC(C)COC(C)(C)C.CCCCCCOC(C)(C)C.CCOC(C)(C)C. The molecule has 3 aliphatic carbocycles. The average Bonchev–Trinajstić information content (AvgIpc) is 0.777. The van der Waals surface area contributed by atoms with Gasteiger partial charge in [-0.1, -0.05) is 234 Å². The molecule has 0 bridgehead atoms. The number of ether oxygens (including phenoxy) is 8. The van der Waals surface area contributed by atoms with Crippen molar-refractivity contribution in [1.29, 1.82) is 0 Å². The van der Waals surface area contributed by atoms with Crippen LogP contribution in [-0.2, 0) is 30.3 Å². The third kappa shape index (κ3) is 38.4. The van der Waals surface area contributed by atoms with Crippen molar-refractivity contribution in [2.45, 2.75) is 271 Å². The number of para-hydroxylation sites is 1. The van der Waals surface area contributed by atoms with E-state index in [0.29, 0.717) is 25.0 Å². The molecule has 0 saturated carbocycles. The van der Waals surface area contributed by atoms with E-state index in [0.717, 1.165) is 37.1 Å². The summed E-state index contributed by atoms with van der Waals surface area (Å²) in [6, 6.07) is 58.1. The molecule has 584 valence electrons. The van der Waals surface area contributed by atoms with Gasteiger partial charge in [0.15, 0.2) is 0 Å². The number of unbranched alkanes of at least 4 members (excludes halogenated alkanes) is 3. The molecule has 0 aromatic heterocycles. The van der Waals surface area contributed by atoms with Crippen LogP contribution in [0.1, 0.15) is 225 Å². The van der Waals surface area contributed by atoms with Crippen LogP contribution in [-0.4, -0.2) is 71.2 Å². The molecule has 1 atom stereocenters. The molecule has 0 N–H and O–H groups in total. The first-order chi connectivity index (χ1) is 49.8. The normalized spacial score (nSPS) is 14.1. The summed E-state index contributed by atoms with van der Waals surface area (Å²) in [4.78, 5) is 0. The Labute approximate surface area is 650 Å². The molecule has 107 heavy (non-hydrogen) atoms. The highest BCUT2D eigenvalue weighted by Crippen LogP contribution is 2.42. The maximum absolute atomic E-state index is 6.23. The Balaban J connectivity index is 0.000000264. The fourth-order valence-electron chi connectivity index (χ4n) is 11.0. The van der Waals surface area contributed by atoms with Crippen LogP contribution in [0.5, 0.6) is 17.2 Å². The summed E-state index contributed by atoms with van der Waals surface area (Å²) in [5.74, 6) is 3.93. The first-order valence-electron chi connectivity index (χ1n) is 39.2. The van der Waals surface area contributed by atoms with E-state index in [-0.39, 0.29) is 44.8 Å². The topological polar surface area (TPSA) is 73.8 Å². The molecule has 8 heteroatoms. The molecule has 0 heterocycles. The quantitative estimate of drug-likeness (QED) is 0.0743. The first kappa shape index (κ1) is 91.8. The Kier molecular flexibility index (Phi) is 36.9. The molecule has 8 aromatic carbocycles. The van der Waals surface area contributed by atoms with Crippen LogP contribution in [0.15, 0.2) is 241 Å². The fourth-order valence-corrected chi connectivity index (χ4v) is 11.0. The maximum Gasteiger partial charge on any atom is 0.135 e. The summed E-state index contributed by atoms with van der Waals surface area (Å²) >= 11 is 0. The minimum Gasteiger partial charge on any atom is -0.488 e. The van der Waals surface area contributed by atoms with Gasteiger partial charge in [0.25, 0.3) is 0 Å². The number of fused-ring (bicyclic) bond motifs is 4. The predicted octanol–water partition coefficient (Wildman–Crippen LogP) is 28.1. The van der Waals surface area contributed by atoms with Gasteiger partial charge in [-0.3, -0.25) is 0 Å². The van der Waals surface area contributed by atoms with E-state index < -0.39 is 0 Å². The van der Waals surface area contributed by atoms with Crippen LogP contribution in [0.25, 0.3) is 43.1 Å². The number of rotatable bonds is 15. The lowest BCUT2D eigenvalue weighted by Gasteiger charge is -2.31. The summed E-state index contributed by atoms with van der Waals surface area (Å²) in [7, 11) is 0. The van der Waals surface area contributed by atoms with Crippen LogP contribution in [0.3, 0.4) is 0 Å². The zero-order chi connectivity index (χ0) is 79.9. The second-order valence-corrected chi connectivity index (χ2v) is 35.7. The molecule has 0 amide bonds. The van der Waals surface area contributed by atoms with E-state index in [2.05, 4.69) is 330 Å². The van der Waals surface area contributed by atoms with Crippen LogP contribution < -0.4 is 14.2 Å². The molecule has 0 radical (unpaired) electrons. The molecule has 0 fully saturated rings. The molecule has 0 spiro atoms. The molecular formula is C99H140O8. The van der Waals surface area contributed by atoms with Crippen molar-refractivity contribution in [3.8, 4) is 17.2 Å².